The second-order valence-corrected chi connectivity index (χ2v) is 10.8. The largest absolute Gasteiger partial charge is 0.207 e. The van der Waals surface area contributed by atoms with Crippen molar-refractivity contribution in [1.82, 2.24) is 0 Å². The lowest BCUT2D eigenvalue weighted by atomic mass is 9.68. The Hall–Kier alpha value is -1.11. The molecule has 0 saturated heterocycles. The van der Waals surface area contributed by atoms with E-state index >= 15 is 0 Å². The van der Waals surface area contributed by atoms with Crippen LogP contribution in [0, 0.1) is 35.4 Å². The van der Waals surface area contributed by atoms with Gasteiger partial charge in [-0.15, -0.1) is 0 Å². The van der Waals surface area contributed by atoms with E-state index < -0.39 is 0 Å². The Bertz CT molecular complexity index is 635. The van der Waals surface area contributed by atoms with Gasteiger partial charge in [0.2, 0.25) is 0 Å². The standard InChI is InChI=1S/C29H43F/c1-2-3-22-6-12-25(13-7-22)26-14-8-23(9-15-26)4-5-24-10-16-27(17-11-24)28-18-20-29(30)21-19-28/h4-5,18-27H,2-3,6-17H2,1H3. The van der Waals surface area contributed by atoms with Gasteiger partial charge in [0.05, 0.1) is 0 Å². The van der Waals surface area contributed by atoms with Gasteiger partial charge in [-0.3, -0.25) is 0 Å². The number of benzene rings is 1. The predicted octanol–water partition coefficient (Wildman–Crippen LogP) is 9.07. The van der Waals surface area contributed by atoms with Gasteiger partial charge in [0.15, 0.2) is 0 Å². The van der Waals surface area contributed by atoms with Gasteiger partial charge in [-0.05, 0) is 117 Å². The first-order valence-corrected chi connectivity index (χ1v) is 13.1. The molecule has 3 saturated carbocycles. The van der Waals surface area contributed by atoms with Gasteiger partial charge in [0, 0.05) is 0 Å². The normalized spacial score (nSPS) is 35.5. The van der Waals surface area contributed by atoms with Crippen molar-refractivity contribution in [3.8, 4) is 0 Å². The second-order valence-electron chi connectivity index (χ2n) is 10.8. The van der Waals surface area contributed by atoms with Crippen LogP contribution in [0.4, 0.5) is 4.39 Å². The van der Waals surface area contributed by atoms with Crippen LogP contribution >= 0.6 is 0 Å². The number of allylic oxidation sites excluding steroid dienone is 2. The van der Waals surface area contributed by atoms with Gasteiger partial charge in [0.25, 0.3) is 0 Å². The summed E-state index contributed by atoms with van der Waals surface area (Å²) in [6.45, 7) is 2.35. The van der Waals surface area contributed by atoms with Crippen LogP contribution in [0.5, 0.6) is 0 Å². The summed E-state index contributed by atoms with van der Waals surface area (Å²) in [5.41, 5.74) is 1.33. The third-order valence-corrected chi connectivity index (χ3v) is 8.84. The number of hydrogen-bond acceptors (Lipinski definition) is 0. The van der Waals surface area contributed by atoms with Crippen LogP contribution in [0.3, 0.4) is 0 Å². The zero-order valence-electron chi connectivity index (χ0n) is 19.2. The van der Waals surface area contributed by atoms with Crippen molar-refractivity contribution < 1.29 is 4.39 Å². The van der Waals surface area contributed by atoms with E-state index in [1.807, 2.05) is 12.1 Å². The van der Waals surface area contributed by atoms with Gasteiger partial charge in [-0.25, -0.2) is 4.39 Å². The molecule has 0 amide bonds. The van der Waals surface area contributed by atoms with E-state index in [9.17, 15) is 4.39 Å². The third kappa shape index (κ3) is 5.98. The maximum Gasteiger partial charge on any atom is 0.123 e. The smallest absolute Gasteiger partial charge is 0.123 e. The summed E-state index contributed by atoms with van der Waals surface area (Å²) in [6.07, 6.45) is 25.0. The van der Waals surface area contributed by atoms with Crippen LogP contribution in [-0.2, 0) is 0 Å². The SMILES string of the molecule is CCCC1CCC(C2CCC(C=CC3CCC(c4ccc(F)cc4)CC3)CC2)CC1. The molecular formula is C29H43F. The van der Waals surface area contributed by atoms with Gasteiger partial charge < -0.3 is 0 Å². The maximum atomic E-state index is 13.2. The number of rotatable bonds is 6. The molecule has 0 radical (unpaired) electrons. The molecule has 0 aromatic heterocycles. The fourth-order valence-electron chi connectivity index (χ4n) is 6.86. The molecule has 1 aromatic carbocycles. The van der Waals surface area contributed by atoms with Crippen molar-refractivity contribution in [2.24, 2.45) is 29.6 Å². The molecule has 30 heavy (non-hydrogen) atoms. The van der Waals surface area contributed by atoms with Gasteiger partial charge in [-0.2, -0.15) is 0 Å². The number of hydrogen-bond donors (Lipinski definition) is 0. The van der Waals surface area contributed by atoms with E-state index in [1.165, 1.54) is 95.5 Å². The molecule has 0 nitrogen and oxygen atoms in total. The van der Waals surface area contributed by atoms with E-state index in [1.54, 1.807) is 12.1 Å². The van der Waals surface area contributed by atoms with Gasteiger partial charge in [0.1, 0.15) is 5.82 Å². The molecule has 4 rings (SSSR count). The lowest BCUT2D eigenvalue weighted by Crippen LogP contribution is -2.25. The zero-order chi connectivity index (χ0) is 20.8. The van der Waals surface area contributed by atoms with E-state index in [2.05, 4.69) is 19.1 Å². The molecule has 1 heteroatoms. The van der Waals surface area contributed by atoms with E-state index in [-0.39, 0.29) is 5.82 Å². The maximum absolute atomic E-state index is 13.2. The lowest BCUT2D eigenvalue weighted by Gasteiger charge is -2.37. The minimum absolute atomic E-state index is 0.116. The quantitative estimate of drug-likeness (QED) is 0.410. The number of halogens is 1. The summed E-state index contributed by atoms with van der Waals surface area (Å²) < 4.78 is 13.2. The Morgan fingerprint density at radius 2 is 1.20 bits per heavy atom. The first-order chi connectivity index (χ1) is 14.7. The molecule has 3 aliphatic rings. The highest BCUT2D eigenvalue weighted by Gasteiger charge is 2.30. The van der Waals surface area contributed by atoms with Crippen LogP contribution in [0.15, 0.2) is 36.4 Å². The average Bonchev–Trinajstić information content (AvgIpc) is 2.80. The van der Waals surface area contributed by atoms with Crippen molar-refractivity contribution in [2.45, 2.75) is 103 Å². The van der Waals surface area contributed by atoms with Crippen LogP contribution in [-0.4, -0.2) is 0 Å². The van der Waals surface area contributed by atoms with Crippen molar-refractivity contribution in [1.29, 1.82) is 0 Å². The van der Waals surface area contributed by atoms with Gasteiger partial charge >= 0.3 is 0 Å². The molecular weight excluding hydrogens is 367 g/mol. The fourth-order valence-corrected chi connectivity index (χ4v) is 6.86. The summed E-state index contributed by atoms with van der Waals surface area (Å²) >= 11 is 0. The Morgan fingerprint density at radius 1 is 0.700 bits per heavy atom. The molecule has 0 spiro atoms. The highest BCUT2D eigenvalue weighted by Crippen LogP contribution is 2.43. The van der Waals surface area contributed by atoms with Gasteiger partial charge in [-0.1, -0.05) is 56.9 Å². The molecule has 3 aliphatic carbocycles. The first kappa shape index (κ1) is 22.1. The molecule has 0 atom stereocenters. The minimum Gasteiger partial charge on any atom is -0.207 e. The van der Waals surface area contributed by atoms with E-state index in [0.717, 1.165) is 29.6 Å². The van der Waals surface area contributed by atoms with Crippen molar-refractivity contribution >= 4 is 0 Å². The molecule has 166 valence electrons. The summed E-state index contributed by atoms with van der Waals surface area (Å²) in [6, 6.07) is 7.22. The van der Waals surface area contributed by atoms with Crippen LogP contribution in [0.1, 0.15) is 108 Å². The Morgan fingerprint density at radius 3 is 1.73 bits per heavy atom. The van der Waals surface area contributed by atoms with Crippen molar-refractivity contribution in [2.75, 3.05) is 0 Å². The Labute approximate surface area is 184 Å². The molecule has 0 unspecified atom stereocenters. The van der Waals surface area contributed by atoms with E-state index in [0.29, 0.717) is 5.92 Å². The Balaban J connectivity index is 1.16. The summed E-state index contributed by atoms with van der Waals surface area (Å²) in [5.74, 6) is 5.25. The summed E-state index contributed by atoms with van der Waals surface area (Å²) in [5, 5.41) is 0. The average molecular weight is 411 g/mol. The van der Waals surface area contributed by atoms with Crippen LogP contribution < -0.4 is 0 Å². The molecule has 0 heterocycles. The summed E-state index contributed by atoms with van der Waals surface area (Å²) in [7, 11) is 0. The summed E-state index contributed by atoms with van der Waals surface area (Å²) in [4.78, 5) is 0. The minimum atomic E-state index is -0.116. The lowest BCUT2D eigenvalue weighted by molar-refractivity contribution is 0.152. The zero-order valence-corrected chi connectivity index (χ0v) is 19.2. The molecule has 0 aliphatic heterocycles. The van der Waals surface area contributed by atoms with Crippen molar-refractivity contribution in [3.63, 3.8) is 0 Å². The van der Waals surface area contributed by atoms with Crippen LogP contribution in [0.2, 0.25) is 0 Å². The van der Waals surface area contributed by atoms with E-state index in [4.69, 9.17) is 0 Å². The molecule has 1 aromatic rings. The first-order valence-electron chi connectivity index (χ1n) is 13.1. The predicted molar refractivity (Wildman–Crippen MR) is 126 cm³/mol. The topological polar surface area (TPSA) is 0 Å². The Kier molecular flexibility index (Phi) is 8.07. The molecule has 0 bridgehead atoms. The van der Waals surface area contributed by atoms with Crippen LogP contribution in [0.25, 0.3) is 0 Å². The highest BCUT2D eigenvalue weighted by atomic mass is 19.1. The molecule has 0 N–H and O–H groups in total. The third-order valence-electron chi connectivity index (χ3n) is 8.84. The monoisotopic (exact) mass is 410 g/mol. The second kappa shape index (κ2) is 11.0. The van der Waals surface area contributed by atoms with Crippen molar-refractivity contribution in [3.05, 3.63) is 47.8 Å². The highest BCUT2D eigenvalue weighted by molar-refractivity contribution is 5.21. The molecule has 3 fully saturated rings. The fraction of sp³-hybridized carbons (Fsp3) is 0.724.